The lowest BCUT2D eigenvalue weighted by molar-refractivity contribution is 0.0954. The number of ether oxygens (including phenoxy) is 1. The van der Waals surface area contributed by atoms with E-state index in [9.17, 15) is 4.79 Å². The summed E-state index contributed by atoms with van der Waals surface area (Å²) in [5.74, 6) is 1.42. The number of aliphatic imine (C=N–C) groups is 1. The van der Waals surface area contributed by atoms with Crippen molar-refractivity contribution in [3.63, 3.8) is 0 Å². The summed E-state index contributed by atoms with van der Waals surface area (Å²) in [4.78, 5) is 21.6. The number of aromatic nitrogens is 1. The van der Waals surface area contributed by atoms with Crippen LogP contribution >= 0.6 is 24.0 Å². The number of carbonyl (C=O) groups is 1. The van der Waals surface area contributed by atoms with Crippen LogP contribution < -0.4 is 15.4 Å². The predicted molar refractivity (Wildman–Crippen MR) is 130 cm³/mol. The molecule has 2 aromatic rings. The minimum atomic E-state index is -0.129. The highest BCUT2D eigenvalue weighted by atomic mass is 127. The zero-order valence-electron chi connectivity index (χ0n) is 18.0. The number of hydrogen-bond donors (Lipinski definition) is 2. The molecule has 0 unspecified atom stereocenters. The number of benzene rings is 1. The fourth-order valence-electron chi connectivity index (χ4n) is 3.29. The summed E-state index contributed by atoms with van der Waals surface area (Å²) >= 11 is 0. The predicted octanol–water partition coefficient (Wildman–Crippen LogP) is 1.81. The molecule has 0 radical (unpaired) electrons. The number of rotatable bonds is 8. The maximum absolute atomic E-state index is 12.3. The van der Waals surface area contributed by atoms with Gasteiger partial charge in [-0.2, -0.15) is 0 Å². The van der Waals surface area contributed by atoms with Crippen molar-refractivity contribution in [2.75, 3.05) is 52.9 Å². The first-order valence-electron chi connectivity index (χ1n) is 10.3. The second-order valence-corrected chi connectivity index (χ2v) is 6.98. The highest BCUT2D eigenvalue weighted by molar-refractivity contribution is 14.0. The van der Waals surface area contributed by atoms with Gasteiger partial charge in [0.05, 0.1) is 19.3 Å². The van der Waals surface area contributed by atoms with E-state index in [1.807, 2.05) is 12.1 Å². The van der Waals surface area contributed by atoms with E-state index in [1.54, 1.807) is 31.6 Å². The molecular formula is C21H31IN6O3. The highest BCUT2D eigenvalue weighted by Gasteiger charge is 2.20. The van der Waals surface area contributed by atoms with Crippen LogP contribution in [0.5, 0.6) is 5.75 Å². The second-order valence-electron chi connectivity index (χ2n) is 6.98. The van der Waals surface area contributed by atoms with Crippen molar-refractivity contribution in [3.8, 4) is 5.75 Å². The van der Waals surface area contributed by atoms with Gasteiger partial charge in [0.25, 0.3) is 5.91 Å². The Kier molecular flexibility index (Phi) is 10.6. The zero-order valence-corrected chi connectivity index (χ0v) is 20.4. The molecular weight excluding hydrogens is 511 g/mol. The van der Waals surface area contributed by atoms with Gasteiger partial charge in [-0.25, -0.2) is 0 Å². The molecule has 0 aliphatic carbocycles. The van der Waals surface area contributed by atoms with Gasteiger partial charge in [-0.05, 0) is 25.1 Å². The van der Waals surface area contributed by atoms with Gasteiger partial charge in [0.15, 0.2) is 5.96 Å². The average molecular weight is 542 g/mol. The quantitative estimate of drug-likeness (QED) is 0.228. The topological polar surface area (TPSA) is 95.2 Å². The Balaban J connectivity index is 0.00000341. The molecule has 170 valence electrons. The van der Waals surface area contributed by atoms with Gasteiger partial charge in [0.2, 0.25) is 0 Å². The van der Waals surface area contributed by atoms with E-state index in [-0.39, 0.29) is 29.9 Å². The van der Waals surface area contributed by atoms with E-state index < -0.39 is 0 Å². The van der Waals surface area contributed by atoms with Crippen LogP contribution in [0.2, 0.25) is 0 Å². The monoisotopic (exact) mass is 542 g/mol. The summed E-state index contributed by atoms with van der Waals surface area (Å²) in [5, 5.41) is 10.2. The Morgan fingerprint density at radius 3 is 2.71 bits per heavy atom. The maximum Gasteiger partial charge on any atom is 0.251 e. The average Bonchev–Trinajstić information content (AvgIpc) is 3.29. The number of carbonyl (C=O) groups excluding carboxylic acids is 1. The van der Waals surface area contributed by atoms with Gasteiger partial charge in [-0.15, -0.1) is 24.0 Å². The molecule has 1 saturated heterocycles. The summed E-state index contributed by atoms with van der Waals surface area (Å²) in [5.41, 5.74) is 1.53. The molecule has 3 rings (SSSR count). The van der Waals surface area contributed by atoms with Crippen LogP contribution in [0, 0.1) is 0 Å². The van der Waals surface area contributed by atoms with E-state index in [0.717, 1.165) is 50.9 Å². The van der Waals surface area contributed by atoms with Crippen molar-refractivity contribution < 1.29 is 14.1 Å². The van der Waals surface area contributed by atoms with Gasteiger partial charge in [0, 0.05) is 57.4 Å². The summed E-state index contributed by atoms with van der Waals surface area (Å²) in [6.45, 7) is 8.28. The van der Waals surface area contributed by atoms with Gasteiger partial charge in [-0.1, -0.05) is 11.2 Å². The van der Waals surface area contributed by atoms with Crippen LogP contribution in [0.4, 0.5) is 0 Å². The number of amides is 1. The van der Waals surface area contributed by atoms with E-state index in [0.29, 0.717) is 24.4 Å². The lowest BCUT2D eigenvalue weighted by atomic mass is 10.2. The molecule has 1 aromatic carbocycles. The SMILES string of the molecule is CCNC(=NCCNC(=O)c1cccc(OC)c1)N1CCN(Cc2ccon2)CC1.I. The normalized spacial score (nSPS) is 14.6. The van der Waals surface area contributed by atoms with Crippen LogP contribution in [-0.4, -0.2) is 79.7 Å². The molecule has 0 bridgehead atoms. The van der Waals surface area contributed by atoms with Crippen molar-refractivity contribution in [1.29, 1.82) is 0 Å². The van der Waals surface area contributed by atoms with Gasteiger partial charge in [0.1, 0.15) is 12.0 Å². The van der Waals surface area contributed by atoms with Crippen molar-refractivity contribution in [1.82, 2.24) is 25.6 Å². The van der Waals surface area contributed by atoms with E-state index in [4.69, 9.17) is 9.26 Å². The minimum Gasteiger partial charge on any atom is -0.497 e. The van der Waals surface area contributed by atoms with Crippen LogP contribution in [-0.2, 0) is 6.54 Å². The fraction of sp³-hybridized carbons (Fsp3) is 0.476. The van der Waals surface area contributed by atoms with E-state index in [1.165, 1.54) is 0 Å². The van der Waals surface area contributed by atoms with Crippen LogP contribution in [0.3, 0.4) is 0 Å². The zero-order chi connectivity index (χ0) is 21.2. The third-order valence-electron chi connectivity index (χ3n) is 4.87. The van der Waals surface area contributed by atoms with E-state index in [2.05, 4.69) is 37.5 Å². The standard InChI is InChI=1S/C21H30N6O3.HI/c1-3-22-21(27-12-10-26(11-13-27)16-18-7-14-30-25-18)24-9-8-23-20(28)17-5-4-6-19(15-17)29-2;/h4-7,14-15H,3,8-13,16H2,1-2H3,(H,22,24)(H,23,28);1H. The van der Waals surface area contributed by atoms with Crippen molar-refractivity contribution in [2.24, 2.45) is 4.99 Å². The number of hydrogen-bond acceptors (Lipinski definition) is 6. The summed E-state index contributed by atoms with van der Waals surface area (Å²) < 4.78 is 10.1. The second kappa shape index (κ2) is 13.2. The summed E-state index contributed by atoms with van der Waals surface area (Å²) in [7, 11) is 1.59. The Morgan fingerprint density at radius 2 is 2.03 bits per heavy atom. The lowest BCUT2D eigenvalue weighted by Gasteiger charge is -2.36. The van der Waals surface area contributed by atoms with Gasteiger partial charge < -0.3 is 24.8 Å². The summed E-state index contributed by atoms with van der Waals surface area (Å²) in [6.07, 6.45) is 1.61. The van der Waals surface area contributed by atoms with Crippen molar-refractivity contribution >= 4 is 35.8 Å². The largest absolute Gasteiger partial charge is 0.497 e. The molecule has 1 aliphatic rings. The number of guanidine groups is 1. The van der Waals surface area contributed by atoms with Crippen molar-refractivity contribution in [3.05, 3.63) is 47.9 Å². The molecule has 0 saturated carbocycles. The number of piperazine rings is 1. The molecule has 1 aromatic heterocycles. The van der Waals surface area contributed by atoms with Gasteiger partial charge >= 0.3 is 0 Å². The Bertz CT molecular complexity index is 822. The molecule has 10 heteroatoms. The van der Waals surface area contributed by atoms with E-state index >= 15 is 0 Å². The molecule has 1 fully saturated rings. The fourth-order valence-corrected chi connectivity index (χ4v) is 3.29. The smallest absolute Gasteiger partial charge is 0.251 e. The number of nitrogens with one attached hydrogen (secondary N) is 2. The molecule has 2 N–H and O–H groups in total. The van der Waals surface area contributed by atoms with Crippen molar-refractivity contribution in [2.45, 2.75) is 13.5 Å². The molecule has 2 heterocycles. The first kappa shape index (κ1) is 24.9. The lowest BCUT2D eigenvalue weighted by Crippen LogP contribution is -2.52. The first-order valence-corrected chi connectivity index (χ1v) is 10.3. The van der Waals surface area contributed by atoms with Crippen LogP contribution in [0.25, 0.3) is 0 Å². The number of nitrogens with zero attached hydrogens (tertiary/aromatic N) is 4. The highest BCUT2D eigenvalue weighted by Crippen LogP contribution is 2.12. The Morgan fingerprint density at radius 1 is 1.23 bits per heavy atom. The third-order valence-corrected chi connectivity index (χ3v) is 4.87. The summed E-state index contributed by atoms with van der Waals surface area (Å²) in [6, 6.07) is 9.01. The number of halogens is 1. The third kappa shape index (κ3) is 7.69. The first-order chi connectivity index (χ1) is 14.7. The molecule has 1 aliphatic heterocycles. The van der Waals surface area contributed by atoms with Crippen LogP contribution in [0.15, 0.2) is 46.1 Å². The Hall–Kier alpha value is -2.34. The molecule has 0 atom stereocenters. The molecule has 9 nitrogen and oxygen atoms in total. The number of methoxy groups -OCH3 is 1. The van der Waals surface area contributed by atoms with Crippen LogP contribution in [0.1, 0.15) is 23.0 Å². The minimum absolute atomic E-state index is 0. The maximum atomic E-state index is 12.3. The molecule has 31 heavy (non-hydrogen) atoms. The molecule has 0 spiro atoms. The van der Waals surface area contributed by atoms with Gasteiger partial charge in [-0.3, -0.25) is 14.7 Å². The Labute approximate surface area is 200 Å². The molecule has 1 amide bonds.